The topological polar surface area (TPSA) is 58.6 Å². The maximum Gasteiger partial charge on any atom is 0.320 e. The van der Waals surface area contributed by atoms with Crippen molar-refractivity contribution in [1.82, 2.24) is 5.32 Å². The van der Waals surface area contributed by atoms with Crippen molar-refractivity contribution in [3.05, 3.63) is 35.4 Å². The molecule has 0 fully saturated rings. The average Bonchev–Trinajstić information content (AvgIpc) is 2.45. The lowest BCUT2D eigenvalue weighted by Gasteiger charge is -2.16. The third-order valence-corrected chi connectivity index (χ3v) is 3.26. The number of rotatable bonds is 10. The van der Waals surface area contributed by atoms with Crippen LogP contribution in [0.5, 0.6) is 0 Å². The van der Waals surface area contributed by atoms with E-state index in [0.717, 1.165) is 24.0 Å². The molecular formula is C16H25NO3. The minimum Gasteiger partial charge on any atom is -0.480 e. The summed E-state index contributed by atoms with van der Waals surface area (Å²) in [6.45, 7) is 5.84. The number of carboxylic acid groups (broad SMARTS) is 1. The number of hydrogen-bond acceptors (Lipinski definition) is 3. The number of ether oxygens (including phenoxy) is 1. The van der Waals surface area contributed by atoms with Crippen molar-refractivity contribution >= 4 is 5.97 Å². The first-order chi connectivity index (χ1) is 9.69. The summed E-state index contributed by atoms with van der Waals surface area (Å²) in [6, 6.07) is 7.50. The Morgan fingerprint density at radius 1 is 1.30 bits per heavy atom. The maximum absolute atomic E-state index is 11.2. The molecule has 0 aliphatic carbocycles. The van der Waals surface area contributed by atoms with Gasteiger partial charge in [0.2, 0.25) is 0 Å². The number of hydrogen-bond donors (Lipinski definition) is 2. The molecule has 0 saturated heterocycles. The predicted octanol–water partition coefficient (Wildman–Crippen LogP) is 2.96. The second kappa shape index (κ2) is 9.50. The molecular weight excluding hydrogens is 254 g/mol. The first kappa shape index (κ1) is 16.7. The molecule has 20 heavy (non-hydrogen) atoms. The zero-order chi connectivity index (χ0) is 14.8. The van der Waals surface area contributed by atoms with Gasteiger partial charge in [-0.05, 0) is 24.5 Å². The Kier molecular flexibility index (Phi) is 7.92. The standard InChI is InChI=1S/C16H25NO3/c1-3-5-10-15(16(18)19)17-11-13-8-6-7-9-14(13)12-20-4-2/h6-9,15,17H,3-5,10-12H2,1-2H3,(H,18,19). The van der Waals surface area contributed by atoms with Gasteiger partial charge in [0.05, 0.1) is 6.61 Å². The molecule has 1 unspecified atom stereocenters. The van der Waals surface area contributed by atoms with Crippen molar-refractivity contribution in [3.8, 4) is 0 Å². The average molecular weight is 279 g/mol. The van der Waals surface area contributed by atoms with E-state index < -0.39 is 12.0 Å². The highest BCUT2D eigenvalue weighted by Gasteiger charge is 2.16. The van der Waals surface area contributed by atoms with Crippen LogP contribution in [0.2, 0.25) is 0 Å². The second-order valence-corrected chi connectivity index (χ2v) is 4.82. The van der Waals surface area contributed by atoms with Crippen LogP contribution in [0.25, 0.3) is 0 Å². The summed E-state index contributed by atoms with van der Waals surface area (Å²) in [6.07, 6.45) is 2.59. The lowest BCUT2D eigenvalue weighted by atomic mass is 10.1. The molecule has 0 aliphatic rings. The van der Waals surface area contributed by atoms with E-state index in [1.807, 2.05) is 31.2 Å². The van der Waals surface area contributed by atoms with Crippen LogP contribution in [-0.2, 0) is 22.7 Å². The van der Waals surface area contributed by atoms with Crippen molar-refractivity contribution in [2.45, 2.75) is 52.3 Å². The molecule has 112 valence electrons. The van der Waals surface area contributed by atoms with Crippen molar-refractivity contribution in [3.63, 3.8) is 0 Å². The number of aliphatic carboxylic acids is 1. The lowest BCUT2D eigenvalue weighted by Crippen LogP contribution is -2.36. The van der Waals surface area contributed by atoms with E-state index in [1.54, 1.807) is 0 Å². The van der Waals surface area contributed by atoms with E-state index >= 15 is 0 Å². The van der Waals surface area contributed by atoms with Crippen LogP contribution in [0.15, 0.2) is 24.3 Å². The van der Waals surface area contributed by atoms with Crippen LogP contribution in [0.4, 0.5) is 0 Å². The van der Waals surface area contributed by atoms with Gasteiger partial charge in [0, 0.05) is 13.2 Å². The molecule has 0 amide bonds. The van der Waals surface area contributed by atoms with Gasteiger partial charge in [-0.25, -0.2) is 0 Å². The van der Waals surface area contributed by atoms with Gasteiger partial charge in [0.1, 0.15) is 6.04 Å². The molecule has 0 bridgehead atoms. The molecule has 1 aromatic rings. The smallest absolute Gasteiger partial charge is 0.320 e. The van der Waals surface area contributed by atoms with Crippen LogP contribution in [0.3, 0.4) is 0 Å². The Hall–Kier alpha value is -1.39. The SMILES string of the molecule is CCCCC(NCc1ccccc1COCC)C(=O)O. The van der Waals surface area contributed by atoms with Crippen molar-refractivity contribution in [2.24, 2.45) is 0 Å². The second-order valence-electron chi connectivity index (χ2n) is 4.82. The Balaban J connectivity index is 2.60. The van der Waals surface area contributed by atoms with Crippen molar-refractivity contribution in [2.75, 3.05) is 6.61 Å². The van der Waals surface area contributed by atoms with Gasteiger partial charge >= 0.3 is 5.97 Å². The molecule has 0 radical (unpaired) electrons. The summed E-state index contributed by atoms with van der Waals surface area (Å²) in [5, 5.41) is 12.3. The first-order valence-corrected chi connectivity index (χ1v) is 7.29. The van der Waals surface area contributed by atoms with Crippen LogP contribution in [-0.4, -0.2) is 23.7 Å². The van der Waals surface area contributed by atoms with Gasteiger partial charge < -0.3 is 15.2 Å². The predicted molar refractivity (Wildman–Crippen MR) is 79.6 cm³/mol. The van der Waals surface area contributed by atoms with E-state index in [4.69, 9.17) is 4.74 Å². The Bertz CT molecular complexity index is 406. The van der Waals surface area contributed by atoms with E-state index in [1.165, 1.54) is 0 Å². The fourth-order valence-electron chi connectivity index (χ4n) is 2.04. The highest BCUT2D eigenvalue weighted by atomic mass is 16.5. The highest BCUT2D eigenvalue weighted by Crippen LogP contribution is 2.11. The molecule has 4 nitrogen and oxygen atoms in total. The number of nitrogens with one attached hydrogen (secondary N) is 1. The van der Waals surface area contributed by atoms with Crippen LogP contribution in [0, 0.1) is 0 Å². The summed E-state index contributed by atoms with van der Waals surface area (Å²) in [4.78, 5) is 11.2. The molecule has 4 heteroatoms. The summed E-state index contributed by atoms with van der Waals surface area (Å²) in [5.74, 6) is -0.777. The molecule has 2 N–H and O–H groups in total. The lowest BCUT2D eigenvalue weighted by molar-refractivity contribution is -0.139. The van der Waals surface area contributed by atoms with E-state index in [0.29, 0.717) is 26.2 Å². The van der Waals surface area contributed by atoms with Gasteiger partial charge in [-0.1, -0.05) is 44.0 Å². The third kappa shape index (κ3) is 5.72. The Labute approximate surface area is 121 Å². The zero-order valence-corrected chi connectivity index (χ0v) is 12.4. The van der Waals surface area contributed by atoms with E-state index in [-0.39, 0.29) is 0 Å². The number of benzene rings is 1. The highest BCUT2D eigenvalue weighted by molar-refractivity contribution is 5.73. The van der Waals surface area contributed by atoms with E-state index in [2.05, 4.69) is 12.2 Å². The molecule has 1 atom stereocenters. The summed E-state index contributed by atoms with van der Waals surface area (Å²) in [7, 11) is 0. The van der Waals surface area contributed by atoms with Crippen molar-refractivity contribution in [1.29, 1.82) is 0 Å². The Morgan fingerprint density at radius 3 is 2.60 bits per heavy atom. The minimum absolute atomic E-state index is 0.477. The van der Waals surface area contributed by atoms with Gasteiger partial charge in [-0.3, -0.25) is 4.79 Å². The first-order valence-electron chi connectivity index (χ1n) is 7.29. The zero-order valence-electron chi connectivity index (χ0n) is 12.4. The van der Waals surface area contributed by atoms with Crippen LogP contribution >= 0.6 is 0 Å². The number of carboxylic acids is 1. The fourth-order valence-corrected chi connectivity index (χ4v) is 2.04. The number of carbonyl (C=O) groups is 1. The quantitative estimate of drug-likeness (QED) is 0.691. The van der Waals surface area contributed by atoms with Gasteiger partial charge in [-0.15, -0.1) is 0 Å². The molecule has 0 aliphatic heterocycles. The molecule has 1 rings (SSSR count). The third-order valence-electron chi connectivity index (χ3n) is 3.26. The molecule has 1 aromatic carbocycles. The molecule has 0 saturated carbocycles. The number of unbranched alkanes of at least 4 members (excludes halogenated alkanes) is 1. The summed E-state index contributed by atoms with van der Waals surface area (Å²) < 4.78 is 5.44. The van der Waals surface area contributed by atoms with Crippen LogP contribution < -0.4 is 5.32 Å². The van der Waals surface area contributed by atoms with Gasteiger partial charge in [-0.2, -0.15) is 0 Å². The molecule has 0 aromatic heterocycles. The largest absolute Gasteiger partial charge is 0.480 e. The Morgan fingerprint density at radius 2 is 2.00 bits per heavy atom. The maximum atomic E-state index is 11.2. The molecule has 0 heterocycles. The summed E-state index contributed by atoms with van der Waals surface area (Å²) >= 11 is 0. The van der Waals surface area contributed by atoms with Gasteiger partial charge in [0.25, 0.3) is 0 Å². The van der Waals surface area contributed by atoms with Crippen LogP contribution in [0.1, 0.15) is 44.2 Å². The summed E-state index contributed by atoms with van der Waals surface area (Å²) in [5.41, 5.74) is 2.21. The van der Waals surface area contributed by atoms with Crippen molar-refractivity contribution < 1.29 is 14.6 Å². The molecule has 0 spiro atoms. The monoisotopic (exact) mass is 279 g/mol. The normalized spacial score (nSPS) is 12.3. The fraction of sp³-hybridized carbons (Fsp3) is 0.562. The van der Waals surface area contributed by atoms with Gasteiger partial charge in [0.15, 0.2) is 0 Å². The van der Waals surface area contributed by atoms with E-state index in [9.17, 15) is 9.90 Å². The minimum atomic E-state index is -0.777.